The summed E-state index contributed by atoms with van der Waals surface area (Å²) in [5, 5.41) is 11.4. The number of carbonyl (C=O) groups is 4. The molecule has 1 saturated carbocycles. The molecule has 8 heteroatoms. The minimum atomic E-state index is -0.999. The molecule has 1 saturated heterocycles. The number of carbonyl (C=O) groups excluding carboxylic acids is 3. The van der Waals surface area contributed by atoms with Crippen LogP contribution in [0.2, 0.25) is 0 Å². The zero-order chi connectivity index (χ0) is 22.3. The van der Waals surface area contributed by atoms with Crippen LogP contribution in [-0.4, -0.2) is 44.4 Å². The number of carboxylic acid groups (broad SMARTS) is 1. The predicted molar refractivity (Wildman–Crippen MR) is 113 cm³/mol. The van der Waals surface area contributed by atoms with Crippen molar-refractivity contribution in [1.82, 2.24) is 14.8 Å². The van der Waals surface area contributed by atoms with Gasteiger partial charge in [0.2, 0.25) is 0 Å². The summed E-state index contributed by atoms with van der Waals surface area (Å²) < 4.78 is 1.92. The molecule has 4 amide bonds. The summed E-state index contributed by atoms with van der Waals surface area (Å²) in [7, 11) is 0. The van der Waals surface area contributed by atoms with Gasteiger partial charge in [-0.3, -0.25) is 19.8 Å². The molecule has 1 aliphatic carbocycles. The minimum Gasteiger partial charge on any atom is -0.478 e. The topological polar surface area (TPSA) is 109 Å². The van der Waals surface area contributed by atoms with E-state index in [0.29, 0.717) is 5.56 Å². The van der Waals surface area contributed by atoms with E-state index in [1.54, 1.807) is 12.1 Å². The number of hydrogen-bond donors (Lipinski definition) is 2. The van der Waals surface area contributed by atoms with E-state index in [2.05, 4.69) is 5.32 Å². The van der Waals surface area contributed by atoms with Gasteiger partial charge in [0.05, 0.1) is 5.56 Å². The fourth-order valence-electron chi connectivity index (χ4n) is 4.40. The van der Waals surface area contributed by atoms with Gasteiger partial charge in [-0.25, -0.2) is 9.59 Å². The van der Waals surface area contributed by atoms with Crippen molar-refractivity contribution in [2.24, 2.45) is 0 Å². The third-order valence-electron chi connectivity index (χ3n) is 5.97. The van der Waals surface area contributed by atoms with Crippen molar-refractivity contribution in [3.05, 3.63) is 58.4 Å². The Balaban J connectivity index is 1.70. The fourth-order valence-corrected chi connectivity index (χ4v) is 4.40. The Labute approximate surface area is 179 Å². The van der Waals surface area contributed by atoms with Crippen LogP contribution in [0, 0.1) is 13.8 Å². The molecule has 0 spiro atoms. The third-order valence-corrected chi connectivity index (χ3v) is 5.97. The average molecular weight is 421 g/mol. The van der Waals surface area contributed by atoms with Crippen LogP contribution in [0.3, 0.4) is 0 Å². The Kier molecular flexibility index (Phi) is 5.22. The monoisotopic (exact) mass is 421 g/mol. The molecule has 31 heavy (non-hydrogen) atoms. The number of amides is 4. The second kappa shape index (κ2) is 7.86. The number of nitrogens with zero attached hydrogens (tertiary/aromatic N) is 2. The molecular weight excluding hydrogens is 398 g/mol. The summed E-state index contributed by atoms with van der Waals surface area (Å²) in [5.41, 5.74) is 3.23. The second-order valence-electron chi connectivity index (χ2n) is 7.94. The number of hydrogen-bond acceptors (Lipinski definition) is 4. The van der Waals surface area contributed by atoms with Crippen molar-refractivity contribution >= 4 is 29.9 Å². The number of aromatic nitrogens is 1. The quantitative estimate of drug-likeness (QED) is 0.582. The Morgan fingerprint density at radius 1 is 1.10 bits per heavy atom. The van der Waals surface area contributed by atoms with E-state index < -0.39 is 23.8 Å². The van der Waals surface area contributed by atoms with Gasteiger partial charge in [-0.1, -0.05) is 12.8 Å². The highest BCUT2D eigenvalue weighted by Gasteiger charge is 2.40. The molecule has 2 aliphatic rings. The van der Waals surface area contributed by atoms with Crippen LogP contribution in [0.5, 0.6) is 0 Å². The van der Waals surface area contributed by atoms with Crippen LogP contribution in [-0.2, 0) is 9.59 Å². The van der Waals surface area contributed by atoms with Crippen molar-refractivity contribution < 1.29 is 24.3 Å². The van der Waals surface area contributed by atoms with Gasteiger partial charge in [-0.05, 0) is 68.7 Å². The van der Waals surface area contributed by atoms with Crippen molar-refractivity contribution in [2.45, 2.75) is 45.6 Å². The van der Waals surface area contributed by atoms with Crippen molar-refractivity contribution in [3.8, 4) is 5.69 Å². The van der Waals surface area contributed by atoms with E-state index in [0.717, 1.165) is 42.8 Å². The minimum absolute atomic E-state index is 0.0621. The molecule has 160 valence electrons. The van der Waals surface area contributed by atoms with Crippen LogP contribution < -0.4 is 5.32 Å². The number of urea groups is 1. The van der Waals surface area contributed by atoms with Gasteiger partial charge >= 0.3 is 12.0 Å². The maximum Gasteiger partial charge on any atom is 0.335 e. The lowest BCUT2D eigenvalue weighted by molar-refractivity contribution is -0.131. The van der Waals surface area contributed by atoms with Crippen LogP contribution >= 0.6 is 0 Å². The van der Waals surface area contributed by atoms with Gasteiger partial charge in [0.1, 0.15) is 5.57 Å². The lowest BCUT2D eigenvalue weighted by Crippen LogP contribution is -2.57. The third kappa shape index (κ3) is 3.65. The van der Waals surface area contributed by atoms with Crippen molar-refractivity contribution in [3.63, 3.8) is 0 Å². The zero-order valence-corrected chi connectivity index (χ0v) is 17.3. The molecule has 4 rings (SSSR count). The van der Waals surface area contributed by atoms with E-state index in [-0.39, 0.29) is 17.2 Å². The number of benzene rings is 1. The molecule has 1 aliphatic heterocycles. The maximum atomic E-state index is 13.0. The van der Waals surface area contributed by atoms with E-state index in [4.69, 9.17) is 5.11 Å². The van der Waals surface area contributed by atoms with Gasteiger partial charge in [0.25, 0.3) is 11.8 Å². The SMILES string of the molecule is Cc1cc(/C=C2/C(=O)NC(=O)N(C3CCCC3)C2=O)c(C)n1-c1ccc(C(=O)O)cc1. The summed E-state index contributed by atoms with van der Waals surface area (Å²) >= 11 is 0. The molecule has 8 nitrogen and oxygen atoms in total. The number of aryl methyl sites for hydroxylation is 1. The first-order chi connectivity index (χ1) is 14.8. The molecule has 0 atom stereocenters. The molecule has 1 aromatic carbocycles. The summed E-state index contributed by atoms with van der Waals surface area (Å²) in [4.78, 5) is 50.0. The Hall–Kier alpha value is -3.68. The number of carboxylic acids is 1. The highest BCUT2D eigenvalue weighted by molar-refractivity contribution is 6.31. The first-order valence-electron chi connectivity index (χ1n) is 10.2. The Bertz CT molecular complexity index is 1120. The highest BCUT2D eigenvalue weighted by atomic mass is 16.4. The number of rotatable bonds is 4. The smallest absolute Gasteiger partial charge is 0.335 e. The van der Waals surface area contributed by atoms with Crippen molar-refractivity contribution in [2.75, 3.05) is 0 Å². The van der Waals surface area contributed by atoms with Gasteiger partial charge in [0, 0.05) is 23.1 Å². The van der Waals surface area contributed by atoms with Crippen LogP contribution in [0.4, 0.5) is 4.79 Å². The summed E-state index contributed by atoms with van der Waals surface area (Å²) in [6.07, 6.45) is 4.94. The predicted octanol–water partition coefficient (Wildman–Crippen LogP) is 3.20. The number of barbiturate groups is 1. The number of imide groups is 2. The largest absolute Gasteiger partial charge is 0.478 e. The Morgan fingerprint density at radius 2 is 1.74 bits per heavy atom. The summed E-state index contributed by atoms with van der Waals surface area (Å²) in [6.45, 7) is 3.74. The van der Waals surface area contributed by atoms with Gasteiger partial charge < -0.3 is 9.67 Å². The summed E-state index contributed by atoms with van der Waals surface area (Å²) in [6, 6.07) is 7.49. The normalized spacial score (nSPS) is 18.7. The highest BCUT2D eigenvalue weighted by Crippen LogP contribution is 2.28. The molecule has 1 aromatic heterocycles. The molecule has 0 radical (unpaired) electrons. The molecule has 2 aromatic rings. The van der Waals surface area contributed by atoms with Gasteiger partial charge in [0.15, 0.2) is 0 Å². The molecular formula is C23H23N3O5. The molecule has 0 bridgehead atoms. The van der Waals surface area contributed by atoms with Gasteiger partial charge in [-0.15, -0.1) is 0 Å². The summed E-state index contributed by atoms with van der Waals surface area (Å²) in [5.74, 6) is -2.25. The van der Waals surface area contributed by atoms with E-state index in [9.17, 15) is 19.2 Å². The van der Waals surface area contributed by atoms with Gasteiger partial charge in [-0.2, -0.15) is 0 Å². The van der Waals surface area contributed by atoms with Crippen LogP contribution in [0.25, 0.3) is 11.8 Å². The Morgan fingerprint density at radius 3 is 2.35 bits per heavy atom. The van der Waals surface area contributed by atoms with Crippen LogP contribution in [0.1, 0.15) is 53.0 Å². The van der Waals surface area contributed by atoms with E-state index in [1.165, 1.54) is 23.1 Å². The van der Waals surface area contributed by atoms with Crippen molar-refractivity contribution in [1.29, 1.82) is 0 Å². The number of aromatic carboxylic acids is 1. The first-order valence-corrected chi connectivity index (χ1v) is 10.2. The van der Waals surface area contributed by atoms with E-state index >= 15 is 0 Å². The lowest BCUT2D eigenvalue weighted by Gasteiger charge is -2.31. The molecule has 2 heterocycles. The zero-order valence-electron chi connectivity index (χ0n) is 17.3. The first kappa shape index (κ1) is 20.6. The second-order valence-corrected chi connectivity index (χ2v) is 7.94. The fraction of sp³-hybridized carbons (Fsp3) is 0.304. The molecule has 2 fully saturated rings. The molecule has 2 N–H and O–H groups in total. The molecule has 0 unspecified atom stereocenters. The lowest BCUT2D eigenvalue weighted by atomic mass is 10.1. The number of nitrogens with one attached hydrogen (secondary N) is 1. The maximum absolute atomic E-state index is 13.0. The van der Waals surface area contributed by atoms with E-state index in [1.807, 2.05) is 24.5 Å². The standard InChI is InChI=1S/C23H23N3O5/c1-13-11-16(14(2)25(13)18-9-7-15(8-10-18)22(29)30)12-19-20(27)24-23(31)26(21(19)28)17-5-3-4-6-17/h7-12,17H,3-6H2,1-2H3,(H,29,30)(H,24,27,31)/b19-12-. The average Bonchev–Trinajstić information content (AvgIpc) is 3.33. The van der Waals surface area contributed by atoms with Crippen LogP contribution in [0.15, 0.2) is 35.9 Å².